The average Bonchev–Trinajstić information content (AvgIpc) is 2.55. The van der Waals surface area contributed by atoms with Crippen molar-refractivity contribution in [3.05, 3.63) is 66.0 Å². The van der Waals surface area contributed by atoms with Gasteiger partial charge in [0.15, 0.2) is 0 Å². The highest BCUT2D eigenvalue weighted by Crippen LogP contribution is 2.40. The number of nitriles is 1. The quantitative estimate of drug-likeness (QED) is 0.911. The van der Waals surface area contributed by atoms with Crippen LogP contribution in [0.2, 0.25) is 0 Å². The molecule has 1 saturated heterocycles. The highest BCUT2D eigenvalue weighted by Gasteiger charge is 2.51. The van der Waals surface area contributed by atoms with Gasteiger partial charge >= 0.3 is 6.03 Å². The lowest BCUT2D eigenvalue weighted by Gasteiger charge is -2.51. The minimum Gasteiger partial charge on any atom is -0.394 e. The number of carbonyl (C=O) groups is 1. The topological polar surface area (TPSA) is 76.4 Å². The van der Waals surface area contributed by atoms with Crippen LogP contribution >= 0.6 is 0 Å². The number of likely N-dealkylation sites (tertiary alicyclic amines) is 1. The molecule has 0 bridgehead atoms. The Morgan fingerprint density at radius 1 is 1.25 bits per heavy atom. The van der Waals surface area contributed by atoms with Crippen molar-refractivity contribution in [1.29, 1.82) is 5.26 Å². The summed E-state index contributed by atoms with van der Waals surface area (Å²) in [5.41, 5.74) is 1.20. The van der Waals surface area contributed by atoms with Crippen LogP contribution in [-0.2, 0) is 0 Å². The molecule has 24 heavy (non-hydrogen) atoms. The third-order valence-electron chi connectivity index (χ3n) is 4.23. The maximum Gasteiger partial charge on any atom is 0.323 e. The number of rotatable bonds is 3. The Labute approximate surface area is 138 Å². The summed E-state index contributed by atoms with van der Waals surface area (Å²) in [7, 11) is 0. The lowest BCUT2D eigenvalue weighted by Crippen LogP contribution is -2.66. The van der Waals surface area contributed by atoms with Crippen molar-refractivity contribution < 1.29 is 14.3 Å². The molecule has 1 aliphatic heterocycles. The van der Waals surface area contributed by atoms with Crippen molar-refractivity contribution in [2.45, 2.75) is 18.0 Å². The molecule has 0 saturated carbocycles. The summed E-state index contributed by atoms with van der Waals surface area (Å²) < 4.78 is 13.2. The number of aliphatic hydroxyl groups is 1. The number of anilines is 1. The fourth-order valence-electron chi connectivity index (χ4n) is 3.12. The molecule has 3 rings (SSSR count). The van der Waals surface area contributed by atoms with Crippen LogP contribution in [-0.4, -0.2) is 34.7 Å². The zero-order valence-electron chi connectivity index (χ0n) is 12.8. The highest BCUT2D eigenvalue weighted by molar-refractivity contribution is 5.91. The molecule has 5 nitrogen and oxygen atoms in total. The molecular formula is C18H16FN3O2. The summed E-state index contributed by atoms with van der Waals surface area (Å²) in [4.78, 5) is 13.8. The van der Waals surface area contributed by atoms with Gasteiger partial charge in [-0.2, -0.15) is 5.26 Å². The maximum absolute atomic E-state index is 13.2. The number of carbonyl (C=O) groups excluding carboxylic acids is 1. The maximum atomic E-state index is 13.2. The van der Waals surface area contributed by atoms with E-state index in [1.165, 1.54) is 23.1 Å². The van der Waals surface area contributed by atoms with Gasteiger partial charge in [0.25, 0.3) is 0 Å². The summed E-state index contributed by atoms with van der Waals surface area (Å²) in [5.74, 6) is -0.714. The molecule has 122 valence electrons. The van der Waals surface area contributed by atoms with Crippen LogP contribution in [0, 0.1) is 17.1 Å². The number of aliphatic hydroxyl groups excluding tert-OH is 1. The highest BCUT2D eigenvalue weighted by atomic mass is 19.1. The lowest BCUT2D eigenvalue weighted by atomic mass is 9.76. The Kier molecular flexibility index (Phi) is 4.45. The SMILES string of the molecule is N#C[C@@H]1[C@H](c2ccccc2)[C@H](CO)N1C(=O)Nc1cccc(F)c1. The van der Waals surface area contributed by atoms with Crippen LogP contribution in [0.15, 0.2) is 54.6 Å². The van der Waals surface area contributed by atoms with Gasteiger partial charge < -0.3 is 15.3 Å². The number of nitrogens with zero attached hydrogens (tertiary/aromatic N) is 2. The molecule has 0 unspecified atom stereocenters. The van der Waals surface area contributed by atoms with Gasteiger partial charge in [-0.25, -0.2) is 9.18 Å². The number of hydrogen-bond acceptors (Lipinski definition) is 3. The summed E-state index contributed by atoms with van der Waals surface area (Å²) in [6.07, 6.45) is 0. The van der Waals surface area contributed by atoms with Gasteiger partial charge in [-0.1, -0.05) is 36.4 Å². The standard InChI is InChI=1S/C18H16FN3O2/c19-13-7-4-8-14(9-13)21-18(24)22-15(10-20)17(16(22)11-23)12-5-2-1-3-6-12/h1-9,15-17,23H,11H2,(H,21,24)/t15-,16+,17+/m1/s1. The minimum absolute atomic E-state index is 0.251. The molecule has 1 fully saturated rings. The van der Waals surface area contributed by atoms with E-state index in [9.17, 15) is 19.6 Å². The zero-order valence-corrected chi connectivity index (χ0v) is 12.8. The number of nitrogens with one attached hydrogen (secondary N) is 1. The summed E-state index contributed by atoms with van der Waals surface area (Å²) >= 11 is 0. The average molecular weight is 325 g/mol. The van der Waals surface area contributed by atoms with E-state index < -0.39 is 23.9 Å². The van der Waals surface area contributed by atoms with Crippen molar-refractivity contribution in [3.63, 3.8) is 0 Å². The third-order valence-corrected chi connectivity index (χ3v) is 4.23. The van der Waals surface area contributed by atoms with Crippen molar-refractivity contribution in [1.82, 2.24) is 4.90 Å². The van der Waals surface area contributed by atoms with Crippen LogP contribution in [0.5, 0.6) is 0 Å². The molecule has 1 aliphatic rings. The van der Waals surface area contributed by atoms with Crippen LogP contribution in [0.25, 0.3) is 0 Å². The molecular weight excluding hydrogens is 309 g/mol. The first-order valence-electron chi connectivity index (χ1n) is 7.56. The monoisotopic (exact) mass is 325 g/mol. The molecule has 0 aromatic heterocycles. The minimum atomic E-state index is -0.682. The Morgan fingerprint density at radius 2 is 2.00 bits per heavy atom. The number of halogens is 1. The van der Waals surface area contributed by atoms with E-state index in [0.717, 1.165) is 5.56 Å². The summed E-state index contributed by atoms with van der Waals surface area (Å²) in [5, 5.41) is 21.7. The molecule has 2 aromatic carbocycles. The van der Waals surface area contributed by atoms with Gasteiger partial charge in [0.2, 0.25) is 0 Å². The molecule has 0 aliphatic carbocycles. The van der Waals surface area contributed by atoms with E-state index in [4.69, 9.17) is 0 Å². The predicted molar refractivity (Wildman–Crippen MR) is 86.7 cm³/mol. The van der Waals surface area contributed by atoms with Gasteiger partial charge in [0.05, 0.1) is 18.7 Å². The van der Waals surface area contributed by atoms with Gasteiger partial charge in [0.1, 0.15) is 11.9 Å². The second-order valence-corrected chi connectivity index (χ2v) is 5.61. The Morgan fingerprint density at radius 3 is 2.62 bits per heavy atom. The van der Waals surface area contributed by atoms with Crippen LogP contribution in [0.1, 0.15) is 11.5 Å². The first-order valence-corrected chi connectivity index (χ1v) is 7.56. The molecule has 0 spiro atoms. The summed E-state index contributed by atoms with van der Waals surface area (Å²) in [6.45, 7) is -0.256. The van der Waals surface area contributed by atoms with E-state index in [1.54, 1.807) is 6.07 Å². The molecule has 2 aromatic rings. The first-order chi connectivity index (χ1) is 11.7. The fraction of sp³-hybridized carbons (Fsp3) is 0.222. The largest absolute Gasteiger partial charge is 0.394 e. The predicted octanol–water partition coefficient (Wildman–Crippen LogP) is 2.71. The molecule has 2 amide bonds. The molecule has 6 heteroatoms. The number of hydrogen-bond donors (Lipinski definition) is 2. The van der Waals surface area contributed by atoms with Gasteiger partial charge in [-0.05, 0) is 23.8 Å². The fourth-order valence-corrected chi connectivity index (χ4v) is 3.12. The van der Waals surface area contributed by atoms with Crippen molar-refractivity contribution >= 4 is 11.7 Å². The van der Waals surface area contributed by atoms with Gasteiger partial charge in [-0.3, -0.25) is 0 Å². The van der Waals surface area contributed by atoms with E-state index in [0.29, 0.717) is 5.69 Å². The Balaban J connectivity index is 1.80. The van der Waals surface area contributed by atoms with E-state index >= 15 is 0 Å². The molecule has 0 radical (unpaired) electrons. The van der Waals surface area contributed by atoms with E-state index in [-0.39, 0.29) is 12.5 Å². The molecule has 3 atom stereocenters. The normalized spacial score (nSPS) is 22.4. The Hall–Kier alpha value is -2.91. The Bertz CT molecular complexity index is 775. The van der Waals surface area contributed by atoms with Crippen LogP contribution in [0.3, 0.4) is 0 Å². The van der Waals surface area contributed by atoms with Gasteiger partial charge in [-0.15, -0.1) is 0 Å². The van der Waals surface area contributed by atoms with E-state index in [2.05, 4.69) is 11.4 Å². The van der Waals surface area contributed by atoms with Crippen molar-refractivity contribution in [3.8, 4) is 6.07 Å². The molecule has 2 N–H and O–H groups in total. The van der Waals surface area contributed by atoms with Crippen LogP contribution < -0.4 is 5.32 Å². The summed E-state index contributed by atoms with van der Waals surface area (Å²) in [6, 6.07) is 15.3. The number of urea groups is 1. The smallest absolute Gasteiger partial charge is 0.323 e. The lowest BCUT2D eigenvalue weighted by molar-refractivity contribution is 0.0224. The first kappa shape index (κ1) is 16.0. The zero-order chi connectivity index (χ0) is 17.1. The van der Waals surface area contributed by atoms with Crippen LogP contribution in [0.4, 0.5) is 14.9 Å². The second-order valence-electron chi connectivity index (χ2n) is 5.61. The number of benzene rings is 2. The van der Waals surface area contributed by atoms with Crippen molar-refractivity contribution in [2.75, 3.05) is 11.9 Å². The van der Waals surface area contributed by atoms with E-state index in [1.807, 2.05) is 30.3 Å². The van der Waals surface area contributed by atoms with Crippen molar-refractivity contribution in [2.24, 2.45) is 0 Å². The molecule has 1 heterocycles. The number of amides is 2. The third kappa shape index (κ3) is 2.82. The van der Waals surface area contributed by atoms with Gasteiger partial charge in [0, 0.05) is 11.6 Å². The second kappa shape index (κ2) is 6.69.